The largest absolute Gasteiger partial charge is 0.368 e. The summed E-state index contributed by atoms with van der Waals surface area (Å²) in [7, 11) is 0. The van der Waals surface area contributed by atoms with Gasteiger partial charge in [-0.05, 0) is 31.5 Å². The van der Waals surface area contributed by atoms with Crippen LogP contribution < -0.4 is 0 Å². The molecule has 9 heavy (non-hydrogen) atoms. The summed E-state index contributed by atoms with van der Waals surface area (Å²) < 4.78 is 0. The summed E-state index contributed by atoms with van der Waals surface area (Å²) in [6, 6.07) is 1.62. The maximum absolute atomic E-state index is 2.46. The fourth-order valence-electron chi connectivity index (χ4n) is 1.49. The maximum atomic E-state index is 2.46. The Morgan fingerprint density at radius 3 is 2.22 bits per heavy atom. The lowest BCUT2D eigenvalue weighted by molar-refractivity contribution is 0.272. The minimum atomic E-state index is 0.722. The molecule has 0 N–H and O–H groups in total. The zero-order valence-corrected chi connectivity index (χ0v) is 6.04. The standard InChI is InChI=1S/C8H13N/c1-6-5-8(6)9-4-3-7(9)2/h3-4,6-8H,5H2,1-2H3. The number of hydrogen-bond donors (Lipinski definition) is 0. The van der Waals surface area contributed by atoms with Gasteiger partial charge >= 0.3 is 0 Å². The average molecular weight is 123 g/mol. The van der Waals surface area contributed by atoms with Gasteiger partial charge in [0.2, 0.25) is 0 Å². The molecule has 1 heteroatoms. The van der Waals surface area contributed by atoms with Gasteiger partial charge in [-0.1, -0.05) is 6.92 Å². The molecule has 3 atom stereocenters. The van der Waals surface area contributed by atoms with E-state index in [-0.39, 0.29) is 0 Å². The SMILES string of the molecule is CC1CC1N1C=CC1C. The van der Waals surface area contributed by atoms with Gasteiger partial charge in [0.1, 0.15) is 0 Å². The zero-order valence-electron chi connectivity index (χ0n) is 6.04. The smallest absolute Gasteiger partial charge is 0.0459 e. The molecule has 2 rings (SSSR count). The fraction of sp³-hybridized carbons (Fsp3) is 0.750. The molecule has 1 heterocycles. The molecule has 0 radical (unpaired) electrons. The van der Waals surface area contributed by atoms with Gasteiger partial charge in [-0.15, -0.1) is 0 Å². The lowest BCUT2D eigenvalue weighted by Crippen LogP contribution is -2.36. The Kier molecular flexibility index (Phi) is 0.904. The molecule has 0 amide bonds. The topological polar surface area (TPSA) is 3.24 Å². The summed E-state index contributed by atoms with van der Waals surface area (Å²) in [5.74, 6) is 0.956. The Balaban J connectivity index is 1.95. The third-order valence-corrected chi connectivity index (χ3v) is 2.46. The van der Waals surface area contributed by atoms with Crippen molar-refractivity contribution in [3.63, 3.8) is 0 Å². The zero-order chi connectivity index (χ0) is 6.43. The first-order valence-corrected chi connectivity index (χ1v) is 3.75. The highest BCUT2D eigenvalue weighted by atomic mass is 15.2. The molecule has 0 spiro atoms. The van der Waals surface area contributed by atoms with E-state index in [1.807, 2.05) is 0 Å². The minimum Gasteiger partial charge on any atom is -0.368 e. The number of hydrogen-bond acceptors (Lipinski definition) is 1. The highest BCUT2D eigenvalue weighted by Crippen LogP contribution is 2.38. The quantitative estimate of drug-likeness (QED) is 0.512. The third-order valence-electron chi connectivity index (χ3n) is 2.46. The van der Waals surface area contributed by atoms with Crippen LogP contribution in [0, 0.1) is 5.92 Å². The van der Waals surface area contributed by atoms with E-state index >= 15 is 0 Å². The van der Waals surface area contributed by atoms with Crippen LogP contribution in [0.5, 0.6) is 0 Å². The van der Waals surface area contributed by atoms with Gasteiger partial charge in [0.25, 0.3) is 0 Å². The number of rotatable bonds is 1. The molecule has 0 saturated heterocycles. The van der Waals surface area contributed by atoms with Crippen LogP contribution in [0.2, 0.25) is 0 Å². The average Bonchev–Trinajstić information content (AvgIpc) is 2.44. The van der Waals surface area contributed by atoms with Crippen LogP contribution in [-0.4, -0.2) is 17.0 Å². The Bertz CT molecular complexity index is 151. The molecular formula is C8H13N. The molecule has 3 unspecified atom stereocenters. The summed E-state index contributed by atoms with van der Waals surface area (Å²) in [6.07, 6.45) is 5.89. The Morgan fingerprint density at radius 2 is 2.11 bits per heavy atom. The van der Waals surface area contributed by atoms with Crippen LogP contribution in [-0.2, 0) is 0 Å². The van der Waals surface area contributed by atoms with E-state index in [9.17, 15) is 0 Å². The second-order valence-electron chi connectivity index (χ2n) is 3.31. The summed E-state index contributed by atoms with van der Waals surface area (Å²) in [6.45, 7) is 4.58. The van der Waals surface area contributed by atoms with Gasteiger partial charge in [-0.25, -0.2) is 0 Å². The van der Waals surface area contributed by atoms with Crippen molar-refractivity contribution in [3.8, 4) is 0 Å². The summed E-state index contributed by atoms with van der Waals surface area (Å²) in [5, 5.41) is 0. The summed E-state index contributed by atoms with van der Waals surface area (Å²) in [4.78, 5) is 2.46. The molecule has 0 aromatic carbocycles. The highest BCUT2D eigenvalue weighted by Gasteiger charge is 2.40. The van der Waals surface area contributed by atoms with E-state index in [1.54, 1.807) is 0 Å². The van der Waals surface area contributed by atoms with E-state index in [1.165, 1.54) is 6.42 Å². The van der Waals surface area contributed by atoms with Crippen molar-refractivity contribution in [1.29, 1.82) is 0 Å². The van der Waals surface area contributed by atoms with Gasteiger partial charge in [-0.3, -0.25) is 0 Å². The van der Waals surface area contributed by atoms with Gasteiger partial charge in [0.05, 0.1) is 0 Å². The van der Waals surface area contributed by atoms with Gasteiger partial charge in [0, 0.05) is 12.1 Å². The normalized spacial score (nSPS) is 46.9. The van der Waals surface area contributed by atoms with Crippen molar-refractivity contribution in [2.24, 2.45) is 5.92 Å². The molecular weight excluding hydrogens is 110 g/mol. The molecule has 1 aliphatic carbocycles. The van der Waals surface area contributed by atoms with Crippen LogP contribution in [0.3, 0.4) is 0 Å². The van der Waals surface area contributed by atoms with Crippen LogP contribution in [0.4, 0.5) is 0 Å². The van der Waals surface area contributed by atoms with Crippen LogP contribution in [0.15, 0.2) is 12.3 Å². The first-order valence-electron chi connectivity index (χ1n) is 3.75. The minimum absolute atomic E-state index is 0.722. The van der Waals surface area contributed by atoms with E-state index in [4.69, 9.17) is 0 Å². The summed E-state index contributed by atoms with van der Waals surface area (Å²) in [5.41, 5.74) is 0. The van der Waals surface area contributed by atoms with Crippen LogP contribution >= 0.6 is 0 Å². The third kappa shape index (κ3) is 0.673. The second kappa shape index (κ2) is 1.53. The Hall–Kier alpha value is -0.460. The fourth-order valence-corrected chi connectivity index (χ4v) is 1.49. The molecule has 1 aliphatic heterocycles. The maximum Gasteiger partial charge on any atom is 0.0459 e. The molecule has 0 aromatic heterocycles. The molecule has 0 bridgehead atoms. The Morgan fingerprint density at radius 1 is 1.44 bits per heavy atom. The van der Waals surface area contributed by atoms with Gasteiger partial charge < -0.3 is 4.90 Å². The van der Waals surface area contributed by atoms with E-state index in [2.05, 4.69) is 31.0 Å². The Labute approximate surface area is 56.4 Å². The number of nitrogens with zero attached hydrogens (tertiary/aromatic N) is 1. The van der Waals surface area contributed by atoms with Crippen LogP contribution in [0.1, 0.15) is 20.3 Å². The van der Waals surface area contributed by atoms with Gasteiger partial charge in [-0.2, -0.15) is 0 Å². The molecule has 50 valence electrons. The van der Waals surface area contributed by atoms with E-state index in [0.717, 1.165) is 18.0 Å². The highest BCUT2D eigenvalue weighted by molar-refractivity contribution is 5.11. The predicted molar refractivity (Wildman–Crippen MR) is 38.0 cm³/mol. The lowest BCUT2D eigenvalue weighted by Gasteiger charge is -2.33. The van der Waals surface area contributed by atoms with Crippen molar-refractivity contribution in [2.45, 2.75) is 32.4 Å². The van der Waals surface area contributed by atoms with Crippen molar-refractivity contribution < 1.29 is 0 Å². The van der Waals surface area contributed by atoms with Crippen LogP contribution in [0.25, 0.3) is 0 Å². The van der Waals surface area contributed by atoms with Crippen molar-refractivity contribution in [1.82, 2.24) is 4.90 Å². The molecule has 2 aliphatic rings. The molecule has 1 nitrogen and oxygen atoms in total. The van der Waals surface area contributed by atoms with Crippen molar-refractivity contribution >= 4 is 0 Å². The monoisotopic (exact) mass is 123 g/mol. The van der Waals surface area contributed by atoms with Crippen molar-refractivity contribution in [3.05, 3.63) is 12.3 Å². The van der Waals surface area contributed by atoms with Gasteiger partial charge in [0.15, 0.2) is 0 Å². The molecule has 1 fully saturated rings. The predicted octanol–water partition coefficient (Wildman–Crippen LogP) is 1.61. The molecule has 0 aromatic rings. The summed E-state index contributed by atoms with van der Waals surface area (Å²) >= 11 is 0. The van der Waals surface area contributed by atoms with E-state index in [0.29, 0.717) is 0 Å². The molecule has 1 saturated carbocycles. The first-order chi connectivity index (χ1) is 4.29. The van der Waals surface area contributed by atoms with Crippen molar-refractivity contribution in [2.75, 3.05) is 0 Å². The van der Waals surface area contributed by atoms with E-state index < -0.39 is 0 Å². The second-order valence-corrected chi connectivity index (χ2v) is 3.31. The first kappa shape index (κ1) is 5.33. The lowest BCUT2D eigenvalue weighted by atomic mass is 10.2.